The van der Waals surface area contributed by atoms with Crippen molar-refractivity contribution >= 4 is 11.6 Å². The van der Waals surface area contributed by atoms with E-state index in [9.17, 15) is 4.79 Å². The van der Waals surface area contributed by atoms with Gasteiger partial charge in [-0.15, -0.1) is 0 Å². The van der Waals surface area contributed by atoms with Crippen LogP contribution >= 0.6 is 0 Å². The van der Waals surface area contributed by atoms with Crippen molar-refractivity contribution in [2.75, 3.05) is 24.5 Å². The van der Waals surface area contributed by atoms with Crippen LogP contribution in [0.15, 0.2) is 18.2 Å². The Balaban J connectivity index is 1.22. The molecule has 150 valence electrons. The number of aryl methyl sites for hydroxylation is 1. The van der Waals surface area contributed by atoms with Gasteiger partial charge < -0.3 is 9.80 Å². The van der Waals surface area contributed by atoms with Crippen LogP contribution in [0.25, 0.3) is 0 Å². The van der Waals surface area contributed by atoms with E-state index in [2.05, 4.69) is 34.9 Å². The molecule has 6 rings (SSSR count). The number of rotatable bonds is 2. The summed E-state index contributed by atoms with van der Waals surface area (Å²) in [4.78, 5) is 18.0. The molecule has 0 aromatic heterocycles. The lowest BCUT2D eigenvalue weighted by molar-refractivity contribution is -0.119. The van der Waals surface area contributed by atoms with Crippen molar-refractivity contribution in [3.63, 3.8) is 0 Å². The fraction of sp³-hybridized carbons (Fsp3) is 0.720. The van der Waals surface area contributed by atoms with Gasteiger partial charge in [-0.05, 0) is 82.0 Å². The quantitative estimate of drug-likeness (QED) is 0.747. The second-order valence-corrected chi connectivity index (χ2v) is 10.5. The smallest absolute Gasteiger partial charge is 0.230 e. The molecule has 1 saturated heterocycles. The van der Waals surface area contributed by atoms with Gasteiger partial charge >= 0.3 is 0 Å². The first-order chi connectivity index (χ1) is 13.6. The lowest BCUT2D eigenvalue weighted by atomic mass is 9.61. The van der Waals surface area contributed by atoms with Crippen molar-refractivity contribution in [1.29, 1.82) is 0 Å². The fourth-order valence-electron chi connectivity index (χ4n) is 6.99. The first-order valence-electron chi connectivity index (χ1n) is 11.8. The maximum Gasteiger partial charge on any atom is 0.230 e. The summed E-state index contributed by atoms with van der Waals surface area (Å²) in [6.07, 6.45) is 12.0. The van der Waals surface area contributed by atoms with Gasteiger partial charge in [0.1, 0.15) is 0 Å². The van der Waals surface area contributed by atoms with Crippen LogP contribution in [0.3, 0.4) is 0 Å². The normalized spacial score (nSPS) is 34.0. The third kappa shape index (κ3) is 2.61. The molecule has 0 radical (unpaired) electrons. The maximum atomic E-state index is 13.0. The van der Waals surface area contributed by atoms with Gasteiger partial charge in [-0.2, -0.15) is 0 Å². The zero-order valence-electron chi connectivity index (χ0n) is 17.3. The zero-order chi connectivity index (χ0) is 18.9. The summed E-state index contributed by atoms with van der Waals surface area (Å²) in [5.74, 6) is 2.74. The van der Waals surface area contributed by atoms with Crippen molar-refractivity contribution in [2.45, 2.75) is 76.2 Å². The highest BCUT2D eigenvalue weighted by atomic mass is 16.2. The number of fused-ring (bicyclic) bond motifs is 3. The Hall–Kier alpha value is -1.35. The number of benzene rings is 1. The minimum absolute atomic E-state index is 0.206. The standard InChI is InChI=1S/C25H34N2O/c1-17-6-9-22-21(14-17)25(16-27(22)24(28)18-7-8-18)10-12-26(13-11-25)23-15-19-4-2-3-5-20(19)23/h6,9,14,18-20,23H,2-5,7-8,10-13,15-16H2,1H3. The lowest BCUT2D eigenvalue weighted by Crippen LogP contribution is -2.57. The van der Waals surface area contributed by atoms with Gasteiger partial charge in [0, 0.05) is 29.6 Å². The van der Waals surface area contributed by atoms with Crippen molar-refractivity contribution in [3.8, 4) is 0 Å². The Labute approximate surface area is 169 Å². The van der Waals surface area contributed by atoms with E-state index in [0.717, 1.165) is 37.3 Å². The summed E-state index contributed by atoms with van der Waals surface area (Å²) in [6, 6.07) is 7.68. The molecule has 2 aliphatic heterocycles. The molecule has 3 atom stereocenters. The predicted molar refractivity (Wildman–Crippen MR) is 113 cm³/mol. The summed E-state index contributed by atoms with van der Waals surface area (Å²) < 4.78 is 0. The number of carbonyl (C=O) groups excluding carboxylic acids is 1. The second-order valence-electron chi connectivity index (χ2n) is 10.5. The number of carbonyl (C=O) groups is 1. The van der Waals surface area contributed by atoms with Gasteiger partial charge in [0.05, 0.1) is 0 Å². The molecule has 5 aliphatic rings. The highest BCUT2D eigenvalue weighted by molar-refractivity contribution is 5.99. The monoisotopic (exact) mass is 378 g/mol. The van der Waals surface area contributed by atoms with Gasteiger partial charge in [-0.3, -0.25) is 4.79 Å². The molecule has 1 aromatic rings. The minimum atomic E-state index is 0.206. The Kier molecular flexibility index (Phi) is 3.95. The summed E-state index contributed by atoms with van der Waals surface area (Å²) >= 11 is 0. The van der Waals surface area contributed by atoms with Crippen LogP contribution in [0, 0.1) is 24.7 Å². The van der Waals surface area contributed by atoms with E-state index in [0.29, 0.717) is 11.8 Å². The van der Waals surface area contributed by atoms with E-state index in [-0.39, 0.29) is 5.41 Å². The highest BCUT2D eigenvalue weighted by Gasteiger charge is 2.51. The molecule has 0 bridgehead atoms. The van der Waals surface area contributed by atoms with Crippen molar-refractivity contribution < 1.29 is 4.79 Å². The van der Waals surface area contributed by atoms with E-state index in [1.54, 1.807) is 0 Å². The fourth-order valence-corrected chi connectivity index (χ4v) is 6.99. The Morgan fingerprint density at radius 2 is 1.86 bits per heavy atom. The molecule has 1 aromatic carbocycles. The SMILES string of the molecule is Cc1ccc2c(c1)C1(CCN(C3CC4CCCCC43)CC1)CN2C(=O)C1CC1. The van der Waals surface area contributed by atoms with Gasteiger partial charge in [0.25, 0.3) is 0 Å². The molecule has 3 aliphatic carbocycles. The number of anilines is 1. The summed E-state index contributed by atoms with van der Waals surface area (Å²) in [7, 11) is 0. The van der Waals surface area contributed by atoms with Crippen LogP contribution in [0.5, 0.6) is 0 Å². The summed E-state index contributed by atoms with van der Waals surface area (Å²) in [6.45, 7) is 5.59. The van der Waals surface area contributed by atoms with Crippen molar-refractivity contribution in [2.24, 2.45) is 17.8 Å². The van der Waals surface area contributed by atoms with Crippen molar-refractivity contribution in [1.82, 2.24) is 4.90 Å². The number of likely N-dealkylation sites (tertiary alicyclic amines) is 1. The van der Waals surface area contributed by atoms with E-state index < -0.39 is 0 Å². The van der Waals surface area contributed by atoms with Crippen LogP contribution in [0.1, 0.15) is 68.9 Å². The predicted octanol–water partition coefficient (Wildman–Crippen LogP) is 4.66. The van der Waals surface area contributed by atoms with Crippen LogP contribution in [-0.2, 0) is 10.2 Å². The van der Waals surface area contributed by atoms with E-state index in [1.165, 1.54) is 74.8 Å². The van der Waals surface area contributed by atoms with Crippen molar-refractivity contribution in [3.05, 3.63) is 29.3 Å². The zero-order valence-corrected chi connectivity index (χ0v) is 17.3. The Bertz CT molecular complexity index is 790. The van der Waals surface area contributed by atoms with E-state index >= 15 is 0 Å². The number of piperidine rings is 1. The molecule has 3 heteroatoms. The largest absolute Gasteiger partial charge is 0.311 e. The van der Waals surface area contributed by atoms with Crippen LogP contribution in [0.4, 0.5) is 5.69 Å². The van der Waals surface area contributed by atoms with Gasteiger partial charge in [0.2, 0.25) is 5.91 Å². The first-order valence-corrected chi connectivity index (χ1v) is 11.8. The maximum absolute atomic E-state index is 13.0. The molecule has 4 fully saturated rings. The van der Waals surface area contributed by atoms with Crippen LogP contribution in [-0.4, -0.2) is 36.5 Å². The van der Waals surface area contributed by atoms with E-state index in [4.69, 9.17) is 0 Å². The Morgan fingerprint density at radius 3 is 2.61 bits per heavy atom. The molecular weight excluding hydrogens is 344 g/mol. The third-order valence-electron chi connectivity index (χ3n) is 8.90. The number of hydrogen-bond acceptors (Lipinski definition) is 2. The Morgan fingerprint density at radius 1 is 1.07 bits per heavy atom. The summed E-state index contributed by atoms with van der Waals surface area (Å²) in [5, 5.41) is 0. The molecule has 1 amide bonds. The average Bonchev–Trinajstić information content (AvgIpc) is 3.49. The molecule has 0 N–H and O–H groups in total. The van der Waals surface area contributed by atoms with Gasteiger partial charge in [-0.25, -0.2) is 0 Å². The number of hydrogen-bond donors (Lipinski definition) is 0. The first kappa shape index (κ1) is 17.5. The molecule has 3 nitrogen and oxygen atoms in total. The van der Waals surface area contributed by atoms with Gasteiger partial charge in [-0.1, -0.05) is 37.0 Å². The molecule has 1 spiro atoms. The molecule has 3 unspecified atom stereocenters. The van der Waals surface area contributed by atoms with E-state index in [1.807, 2.05) is 0 Å². The topological polar surface area (TPSA) is 23.6 Å². The third-order valence-corrected chi connectivity index (χ3v) is 8.90. The second kappa shape index (κ2) is 6.32. The lowest BCUT2D eigenvalue weighted by Gasteiger charge is -2.55. The molecule has 28 heavy (non-hydrogen) atoms. The highest BCUT2D eigenvalue weighted by Crippen LogP contribution is 2.52. The molecular formula is C25H34N2O. The average molecular weight is 379 g/mol. The van der Waals surface area contributed by atoms with Gasteiger partial charge in [0.15, 0.2) is 0 Å². The summed E-state index contributed by atoms with van der Waals surface area (Å²) in [5.41, 5.74) is 4.25. The number of nitrogens with zero attached hydrogens (tertiary/aromatic N) is 2. The minimum Gasteiger partial charge on any atom is -0.311 e. The van der Waals surface area contributed by atoms with Crippen LogP contribution in [0.2, 0.25) is 0 Å². The molecule has 3 saturated carbocycles. The molecule has 2 heterocycles. The number of amides is 1. The van der Waals surface area contributed by atoms with Crippen LogP contribution < -0.4 is 4.90 Å².